The smallest absolute Gasteiger partial charge is 0.369 e. The van der Waals surface area contributed by atoms with E-state index in [1.807, 2.05) is 6.07 Å². The van der Waals surface area contributed by atoms with Crippen molar-refractivity contribution in [2.75, 3.05) is 36.4 Å². The van der Waals surface area contributed by atoms with E-state index in [4.69, 9.17) is 34.8 Å². The van der Waals surface area contributed by atoms with E-state index in [9.17, 15) is 18.0 Å². The average Bonchev–Trinajstić information content (AvgIpc) is 2.83. The standard InChI is InChI=1S/C24H21Cl3F3N5O/c1-14-2-3-15(25)12-20(14)31-22-17(5-7-21(32-22)24(28,29)30)23(36)33-35-10-8-34(9-11-35)16-4-6-18(26)19(27)13-16/h2-7,12-13H,8-11H2,1H3,(H,31,32)(H,33,36). The van der Waals surface area contributed by atoms with Gasteiger partial charge in [-0.25, -0.2) is 9.99 Å². The maximum atomic E-state index is 13.3. The molecule has 1 saturated heterocycles. The highest BCUT2D eigenvalue weighted by Gasteiger charge is 2.34. The Morgan fingerprint density at radius 3 is 2.33 bits per heavy atom. The first-order valence-corrected chi connectivity index (χ1v) is 12.0. The van der Waals surface area contributed by atoms with Gasteiger partial charge in [-0.15, -0.1) is 0 Å². The van der Waals surface area contributed by atoms with E-state index >= 15 is 0 Å². The van der Waals surface area contributed by atoms with Crippen LogP contribution in [0.15, 0.2) is 48.5 Å². The van der Waals surface area contributed by atoms with Crippen LogP contribution >= 0.6 is 34.8 Å². The lowest BCUT2D eigenvalue weighted by molar-refractivity contribution is -0.141. The molecule has 2 heterocycles. The Morgan fingerprint density at radius 1 is 0.944 bits per heavy atom. The van der Waals surface area contributed by atoms with Crippen LogP contribution in [-0.2, 0) is 6.18 Å². The van der Waals surface area contributed by atoms with E-state index in [1.54, 1.807) is 42.3 Å². The van der Waals surface area contributed by atoms with Crippen molar-refractivity contribution in [3.8, 4) is 0 Å². The first-order chi connectivity index (χ1) is 17.0. The third-order valence-corrected chi connectivity index (χ3v) is 6.66. The number of alkyl halides is 3. The van der Waals surface area contributed by atoms with Crippen LogP contribution in [0.5, 0.6) is 0 Å². The molecule has 1 fully saturated rings. The SMILES string of the molecule is Cc1ccc(Cl)cc1Nc1nc(C(F)(F)F)ccc1C(=O)NN1CCN(c2ccc(Cl)c(Cl)c2)CC1. The molecule has 0 saturated carbocycles. The zero-order valence-electron chi connectivity index (χ0n) is 19.0. The molecular weight excluding hydrogens is 538 g/mol. The summed E-state index contributed by atoms with van der Waals surface area (Å²) < 4.78 is 40.0. The first-order valence-electron chi connectivity index (χ1n) is 10.9. The zero-order valence-corrected chi connectivity index (χ0v) is 21.2. The number of nitrogens with one attached hydrogen (secondary N) is 2. The minimum atomic E-state index is -4.67. The Labute approximate surface area is 220 Å². The number of carbonyl (C=O) groups is 1. The van der Waals surface area contributed by atoms with Gasteiger partial charge < -0.3 is 10.2 Å². The number of anilines is 3. The summed E-state index contributed by atoms with van der Waals surface area (Å²) in [6, 6.07) is 12.2. The molecule has 3 aromatic rings. The molecule has 36 heavy (non-hydrogen) atoms. The van der Waals surface area contributed by atoms with Crippen LogP contribution in [0, 0.1) is 6.92 Å². The Morgan fingerprint density at radius 2 is 1.67 bits per heavy atom. The Balaban J connectivity index is 1.50. The third-order valence-electron chi connectivity index (χ3n) is 5.69. The van der Waals surface area contributed by atoms with Gasteiger partial charge in [-0.05, 0) is 55.0 Å². The van der Waals surface area contributed by atoms with Crippen molar-refractivity contribution in [1.82, 2.24) is 15.4 Å². The lowest BCUT2D eigenvalue weighted by atomic mass is 10.1. The minimum Gasteiger partial charge on any atom is -0.369 e. The molecular formula is C24H21Cl3F3N5O. The number of benzene rings is 2. The molecule has 0 bridgehead atoms. The molecule has 6 nitrogen and oxygen atoms in total. The number of hydrazine groups is 1. The number of nitrogens with zero attached hydrogens (tertiary/aromatic N) is 3. The monoisotopic (exact) mass is 557 g/mol. The fourth-order valence-electron chi connectivity index (χ4n) is 3.71. The lowest BCUT2D eigenvalue weighted by Gasteiger charge is -2.36. The molecule has 2 N–H and O–H groups in total. The van der Waals surface area contributed by atoms with Crippen molar-refractivity contribution in [3.05, 3.63) is 80.4 Å². The van der Waals surface area contributed by atoms with Crippen LogP contribution in [0.4, 0.5) is 30.4 Å². The van der Waals surface area contributed by atoms with Crippen molar-refractivity contribution >= 4 is 57.9 Å². The van der Waals surface area contributed by atoms with Gasteiger partial charge in [0, 0.05) is 42.6 Å². The summed E-state index contributed by atoms with van der Waals surface area (Å²) in [5, 5.41) is 5.86. The van der Waals surface area contributed by atoms with Gasteiger partial charge in [-0.3, -0.25) is 10.2 Å². The van der Waals surface area contributed by atoms with Crippen molar-refractivity contribution < 1.29 is 18.0 Å². The van der Waals surface area contributed by atoms with E-state index in [-0.39, 0.29) is 11.4 Å². The van der Waals surface area contributed by atoms with Crippen LogP contribution < -0.4 is 15.6 Å². The van der Waals surface area contributed by atoms with E-state index < -0.39 is 17.8 Å². The summed E-state index contributed by atoms with van der Waals surface area (Å²) in [6.45, 7) is 3.92. The molecule has 1 aromatic heterocycles. The van der Waals surface area contributed by atoms with E-state index in [0.717, 1.165) is 23.4 Å². The van der Waals surface area contributed by atoms with Crippen molar-refractivity contribution in [3.63, 3.8) is 0 Å². The molecule has 0 aliphatic carbocycles. The van der Waals surface area contributed by atoms with Gasteiger partial charge in [0.05, 0.1) is 15.6 Å². The number of rotatable bonds is 5. The van der Waals surface area contributed by atoms with Crippen molar-refractivity contribution in [2.24, 2.45) is 0 Å². The molecule has 0 spiro atoms. The summed E-state index contributed by atoms with van der Waals surface area (Å²) in [7, 11) is 0. The van der Waals surface area contributed by atoms with Gasteiger partial charge in [0.2, 0.25) is 0 Å². The second-order valence-electron chi connectivity index (χ2n) is 8.19. The number of hydrogen-bond acceptors (Lipinski definition) is 5. The van der Waals surface area contributed by atoms with Gasteiger partial charge in [0.25, 0.3) is 5.91 Å². The van der Waals surface area contributed by atoms with Gasteiger partial charge >= 0.3 is 6.18 Å². The third kappa shape index (κ3) is 6.15. The van der Waals surface area contributed by atoms with Gasteiger partial charge in [-0.2, -0.15) is 13.2 Å². The minimum absolute atomic E-state index is 0.0331. The molecule has 1 aliphatic heterocycles. The largest absolute Gasteiger partial charge is 0.433 e. The fraction of sp³-hybridized carbons (Fsp3) is 0.250. The highest BCUT2D eigenvalue weighted by atomic mass is 35.5. The second kappa shape index (κ2) is 10.7. The van der Waals surface area contributed by atoms with E-state index in [0.29, 0.717) is 46.9 Å². The number of amides is 1. The lowest BCUT2D eigenvalue weighted by Crippen LogP contribution is -2.53. The molecule has 0 radical (unpaired) electrons. The maximum absolute atomic E-state index is 13.3. The first kappa shape index (κ1) is 26.3. The average molecular weight is 559 g/mol. The molecule has 1 amide bonds. The van der Waals surface area contributed by atoms with Crippen LogP contribution in [0.3, 0.4) is 0 Å². The number of aromatic nitrogens is 1. The summed E-state index contributed by atoms with van der Waals surface area (Å²) in [6.07, 6.45) is -4.67. The quantitative estimate of drug-likeness (QED) is 0.370. The number of hydrogen-bond donors (Lipinski definition) is 2. The number of pyridine rings is 1. The second-order valence-corrected chi connectivity index (χ2v) is 9.44. The zero-order chi connectivity index (χ0) is 26.0. The van der Waals surface area contributed by atoms with Gasteiger partial charge in [0.15, 0.2) is 0 Å². The van der Waals surface area contributed by atoms with Crippen molar-refractivity contribution in [2.45, 2.75) is 13.1 Å². The molecule has 1 aliphatic rings. The molecule has 12 heteroatoms. The van der Waals surface area contributed by atoms with E-state index in [2.05, 4.69) is 20.6 Å². The summed E-state index contributed by atoms with van der Waals surface area (Å²) in [4.78, 5) is 18.9. The maximum Gasteiger partial charge on any atom is 0.433 e. The molecule has 2 aromatic carbocycles. The highest BCUT2D eigenvalue weighted by molar-refractivity contribution is 6.42. The summed E-state index contributed by atoms with van der Waals surface area (Å²) in [5.41, 5.74) is 3.70. The predicted octanol–water partition coefficient (Wildman–Crippen LogP) is 6.58. The number of piperazine rings is 1. The predicted molar refractivity (Wildman–Crippen MR) is 136 cm³/mol. The van der Waals surface area contributed by atoms with Gasteiger partial charge in [0.1, 0.15) is 11.5 Å². The Bertz CT molecular complexity index is 1280. The topological polar surface area (TPSA) is 60.5 Å². The molecule has 0 atom stereocenters. The fourth-order valence-corrected chi connectivity index (χ4v) is 4.18. The summed E-state index contributed by atoms with van der Waals surface area (Å²) in [5.74, 6) is -0.802. The summed E-state index contributed by atoms with van der Waals surface area (Å²) >= 11 is 18.1. The Hall–Kier alpha value is -2.72. The number of halogens is 6. The highest BCUT2D eigenvalue weighted by Crippen LogP contribution is 2.32. The normalized spacial score (nSPS) is 14.6. The van der Waals surface area contributed by atoms with E-state index in [1.165, 1.54) is 0 Å². The van der Waals surface area contributed by atoms with Crippen LogP contribution in [0.25, 0.3) is 0 Å². The van der Waals surface area contributed by atoms with Crippen molar-refractivity contribution in [1.29, 1.82) is 0 Å². The van der Waals surface area contributed by atoms with Crippen LogP contribution in [-0.4, -0.2) is 42.1 Å². The Kier molecular flexibility index (Phi) is 7.85. The molecule has 4 rings (SSSR count). The molecule has 0 unspecified atom stereocenters. The number of aryl methyl sites for hydroxylation is 1. The number of carbonyl (C=O) groups excluding carboxylic acids is 1. The van der Waals surface area contributed by atoms with Crippen LogP contribution in [0.2, 0.25) is 15.1 Å². The van der Waals surface area contributed by atoms with Crippen LogP contribution in [0.1, 0.15) is 21.6 Å². The van der Waals surface area contributed by atoms with Gasteiger partial charge in [-0.1, -0.05) is 40.9 Å². The molecule has 190 valence electrons.